The van der Waals surface area contributed by atoms with Crippen molar-refractivity contribution >= 4 is 28.2 Å². The van der Waals surface area contributed by atoms with Crippen molar-refractivity contribution in [2.75, 3.05) is 54.5 Å². The summed E-state index contributed by atoms with van der Waals surface area (Å²) in [6, 6.07) is 2.34. The lowest BCUT2D eigenvalue weighted by Crippen LogP contribution is -2.37. The summed E-state index contributed by atoms with van der Waals surface area (Å²) in [5, 5.41) is 4.67. The van der Waals surface area contributed by atoms with Crippen LogP contribution in [0, 0.1) is 6.92 Å². The number of morpholine rings is 1. The van der Waals surface area contributed by atoms with E-state index in [9.17, 15) is 0 Å². The average Bonchev–Trinajstić information content (AvgIpc) is 3.25. The number of aromatic nitrogens is 3. The van der Waals surface area contributed by atoms with Crippen LogP contribution in [0.1, 0.15) is 11.3 Å². The number of rotatable bonds is 4. The third-order valence-electron chi connectivity index (χ3n) is 4.36. The van der Waals surface area contributed by atoms with Crippen LogP contribution in [0.15, 0.2) is 18.5 Å². The van der Waals surface area contributed by atoms with Gasteiger partial charge >= 0.3 is 0 Å². The number of ether oxygens (including phenoxy) is 1. The molecule has 1 N–H and O–H groups in total. The smallest absolute Gasteiger partial charge is 0.227 e. The van der Waals surface area contributed by atoms with Crippen molar-refractivity contribution in [2.24, 2.45) is 0 Å². The Morgan fingerprint density at radius 1 is 1.21 bits per heavy atom. The molecule has 8 heteroatoms. The number of hydrogen-bond donors (Lipinski definition) is 1. The molecule has 0 aromatic carbocycles. The maximum absolute atomic E-state index is 5.39. The second-order valence-corrected chi connectivity index (χ2v) is 7.38. The highest BCUT2D eigenvalue weighted by atomic mass is 32.1. The first kappa shape index (κ1) is 15.6. The van der Waals surface area contributed by atoms with Gasteiger partial charge in [0.25, 0.3) is 0 Å². The van der Waals surface area contributed by atoms with Crippen LogP contribution in [0.2, 0.25) is 0 Å². The van der Waals surface area contributed by atoms with Gasteiger partial charge in [-0.3, -0.25) is 0 Å². The van der Waals surface area contributed by atoms with E-state index in [0.29, 0.717) is 6.04 Å². The molecule has 2 aliphatic heterocycles. The van der Waals surface area contributed by atoms with Crippen LogP contribution in [0.4, 0.5) is 16.9 Å². The van der Waals surface area contributed by atoms with Gasteiger partial charge in [-0.2, -0.15) is 4.98 Å². The number of thiazole rings is 1. The van der Waals surface area contributed by atoms with Crippen LogP contribution in [0.25, 0.3) is 0 Å². The molecular formula is C16H22N6OS. The summed E-state index contributed by atoms with van der Waals surface area (Å²) in [5.41, 5.74) is 0. The fourth-order valence-corrected chi connectivity index (χ4v) is 3.89. The molecular weight excluding hydrogens is 324 g/mol. The molecule has 2 fully saturated rings. The van der Waals surface area contributed by atoms with Crippen molar-refractivity contribution in [1.29, 1.82) is 0 Å². The van der Waals surface area contributed by atoms with Crippen molar-refractivity contribution in [3.8, 4) is 0 Å². The lowest BCUT2D eigenvalue weighted by atomic mass is 10.2. The summed E-state index contributed by atoms with van der Waals surface area (Å²) in [6.07, 6.45) is 4.87. The fourth-order valence-electron chi connectivity index (χ4n) is 3.09. The molecule has 4 rings (SSSR count). The van der Waals surface area contributed by atoms with E-state index in [1.807, 2.05) is 18.5 Å². The molecule has 1 unspecified atom stereocenters. The maximum atomic E-state index is 5.39. The first-order chi connectivity index (χ1) is 11.8. The molecule has 2 aliphatic rings. The monoisotopic (exact) mass is 346 g/mol. The second-order valence-electron chi connectivity index (χ2n) is 6.17. The number of nitrogens with zero attached hydrogens (tertiary/aromatic N) is 5. The Hall–Kier alpha value is -1.93. The van der Waals surface area contributed by atoms with E-state index in [1.165, 1.54) is 4.88 Å². The normalized spacial score (nSPS) is 21.3. The van der Waals surface area contributed by atoms with Gasteiger partial charge < -0.3 is 19.9 Å². The van der Waals surface area contributed by atoms with E-state index < -0.39 is 0 Å². The second kappa shape index (κ2) is 6.90. The van der Waals surface area contributed by atoms with E-state index in [0.717, 1.165) is 62.7 Å². The number of aryl methyl sites for hydroxylation is 1. The van der Waals surface area contributed by atoms with Crippen LogP contribution < -0.4 is 15.1 Å². The quantitative estimate of drug-likeness (QED) is 0.905. The van der Waals surface area contributed by atoms with Crippen molar-refractivity contribution in [3.05, 3.63) is 23.3 Å². The van der Waals surface area contributed by atoms with Gasteiger partial charge in [-0.1, -0.05) is 0 Å². The van der Waals surface area contributed by atoms with Crippen LogP contribution in [0.3, 0.4) is 0 Å². The van der Waals surface area contributed by atoms with Gasteiger partial charge in [-0.05, 0) is 19.4 Å². The third kappa shape index (κ3) is 3.44. The Morgan fingerprint density at radius 3 is 2.88 bits per heavy atom. The highest BCUT2D eigenvalue weighted by molar-refractivity contribution is 7.15. The molecule has 128 valence electrons. The zero-order chi connectivity index (χ0) is 16.4. The predicted molar refractivity (Wildman–Crippen MR) is 96.2 cm³/mol. The third-order valence-corrected chi connectivity index (χ3v) is 5.33. The first-order valence-corrected chi connectivity index (χ1v) is 9.19. The van der Waals surface area contributed by atoms with Crippen LogP contribution in [-0.2, 0) is 4.74 Å². The van der Waals surface area contributed by atoms with E-state index in [1.54, 1.807) is 11.3 Å². The number of anilines is 3. The van der Waals surface area contributed by atoms with Gasteiger partial charge in [0.2, 0.25) is 5.95 Å². The molecule has 24 heavy (non-hydrogen) atoms. The molecule has 0 aliphatic carbocycles. The molecule has 0 radical (unpaired) electrons. The van der Waals surface area contributed by atoms with E-state index in [-0.39, 0.29) is 0 Å². The Balaban J connectivity index is 1.39. The summed E-state index contributed by atoms with van der Waals surface area (Å²) in [7, 11) is 0. The van der Waals surface area contributed by atoms with Gasteiger partial charge in [0.1, 0.15) is 5.82 Å². The lowest BCUT2D eigenvalue weighted by molar-refractivity contribution is 0.122. The molecule has 2 aromatic heterocycles. The molecule has 0 saturated carbocycles. The minimum Gasteiger partial charge on any atom is -0.378 e. The van der Waals surface area contributed by atoms with Gasteiger partial charge in [0.05, 0.1) is 13.2 Å². The van der Waals surface area contributed by atoms with E-state index in [4.69, 9.17) is 4.74 Å². The van der Waals surface area contributed by atoms with Crippen molar-refractivity contribution in [2.45, 2.75) is 19.4 Å². The summed E-state index contributed by atoms with van der Waals surface area (Å²) in [5.74, 6) is 1.68. The SMILES string of the molecule is Cc1cnc(N2CCC(Nc3ccnc(N4CCOCC4)n3)C2)s1. The average molecular weight is 346 g/mol. The Morgan fingerprint density at radius 2 is 2.08 bits per heavy atom. The Labute approximate surface area is 145 Å². The minimum absolute atomic E-state index is 0.390. The zero-order valence-electron chi connectivity index (χ0n) is 13.8. The van der Waals surface area contributed by atoms with Crippen LogP contribution >= 0.6 is 11.3 Å². The van der Waals surface area contributed by atoms with Gasteiger partial charge in [-0.15, -0.1) is 11.3 Å². The van der Waals surface area contributed by atoms with Crippen molar-refractivity contribution in [3.63, 3.8) is 0 Å². The zero-order valence-corrected chi connectivity index (χ0v) is 14.6. The lowest BCUT2D eigenvalue weighted by Gasteiger charge is -2.27. The standard InChI is InChI=1S/C16H22N6OS/c1-12-10-18-16(24-12)22-5-3-13(11-22)19-14-2-4-17-15(20-14)21-6-8-23-9-7-21/h2,4,10,13H,3,5-9,11H2,1H3,(H,17,19,20). The molecule has 7 nitrogen and oxygen atoms in total. The summed E-state index contributed by atoms with van der Waals surface area (Å²) < 4.78 is 5.39. The van der Waals surface area contributed by atoms with Gasteiger partial charge in [0.15, 0.2) is 5.13 Å². The van der Waals surface area contributed by atoms with Crippen LogP contribution in [0.5, 0.6) is 0 Å². The van der Waals surface area contributed by atoms with Gasteiger partial charge in [-0.25, -0.2) is 9.97 Å². The topological polar surface area (TPSA) is 66.4 Å². The Kier molecular flexibility index (Phi) is 4.48. The first-order valence-electron chi connectivity index (χ1n) is 8.37. The molecule has 2 aromatic rings. The van der Waals surface area contributed by atoms with Crippen LogP contribution in [-0.4, -0.2) is 60.4 Å². The Bertz CT molecular complexity index is 687. The predicted octanol–water partition coefficient (Wildman–Crippen LogP) is 1.77. The molecule has 0 bridgehead atoms. The van der Waals surface area contributed by atoms with E-state index >= 15 is 0 Å². The van der Waals surface area contributed by atoms with Crippen molar-refractivity contribution < 1.29 is 4.74 Å². The highest BCUT2D eigenvalue weighted by Gasteiger charge is 2.25. The summed E-state index contributed by atoms with van der Waals surface area (Å²) in [4.78, 5) is 19.3. The number of hydrogen-bond acceptors (Lipinski definition) is 8. The minimum atomic E-state index is 0.390. The molecule has 0 spiro atoms. The number of nitrogens with one attached hydrogen (secondary N) is 1. The van der Waals surface area contributed by atoms with Gasteiger partial charge in [0, 0.05) is 49.5 Å². The maximum Gasteiger partial charge on any atom is 0.227 e. The largest absolute Gasteiger partial charge is 0.378 e. The van der Waals surface area contributed by atoms with Crippen molar-refractivity contribution in [1.82, 2.24) is 15.0 Å². The van der Waals surface area contributed by atoms with E-state index in [2.05, 4.69) is 37.0 Å². The highest BCUT2D eigenvalue weighted by Crippen LogP contribution is 2.26. The molecule has 4 heterocycles. The fraction of sp³-hybridized carbons (Fsp3) is 0.562. The summed E-state index contributed by atoms with van der Waals surface area (Å²) >= 11 is 1.76. The molecule has 2 saturated heterocycles. The molecule has 0 amide bonds. The summed E-state index contributed by atoms with van der Waals surface area (Å²) in [6.45, 7) is 7.28. The molecule has 1 atom stereocenters.